The molecule has 1 aliphatic rings. The van der Waals surface area contributed by atoms with Gasteiger partial charge in [0.2, 0.25) is 5.96 Å². The first-order valence-corrected chi connectivity index (χ1v) is 9.13. The zero-order valence-electron chi connectivity index (χ0n) is 14.6. The summed E-state index contributed by atoms with van der Waals surface area (Å²) in [5.74, 6) is 0.709. The predicted molar refractivity (Wildman–Crippen MR) is 111 cm³/mol. The number of ether oxygens (including phenoxy) is 1. The molecule has 0 saturated carbocycles. The normalized spacial score (nSPS) is 14.7. The van der Waals surface area contributed by atoms with Gasteiger partial charge in [-0.2, -0.15) is 10.5 Å². The summed E-state index contributed by atoms with van der Waals surface area (Å²) in [7, 11) is 0. The number of benzene rings is 1. The molecule has 10 nitrogen and oxygen atoms in total. The molecule has 0 fully saturated rings. The Balaban J connectivity index is 2.26. The van der Waals surface area contributed by atoms with Crippen LogP contribution in [-0.2, 0) is 0 Å². The third-order valence-corrected chi connectivity index (χ3v) is 4.85. The van der Waals surface area contributed by atoms with E-state index in [1.807, 2.05) is 28.7 Å². The molecule has 1 aromatic carbocycles. The van der Waals surface area contributed by atoms with Crippen LogP contribution in [0.25, 0.3) is 0 Å². The summed E-state index contributed by atoms with van der Waals surface area (Å²) in [5.41, 5.74) is 13.3. The number of phenolic OH excluding ortho intramolecular Hbond substituents is 1. The summed E-state index contributed by atoms with van der Waals surface area (Å²) >= 11 is 1.98. The van der Waals surface area contributed by atoms with E-state index < -0.39 is 6.04 Å². The second-order valence-corrected chi connectivity index (χ2v) is 6.85. The first kappa shape index (κ1) is 19.3. The van der Waals surface area contributed by atoms with Crippen LogP contribution in [0.5, 0.6) is 11.5 Å². The Kier molecular flexibility index (Phi) is 5.28. The molecule has 0 spiro atoms. The number of halogens is 1. The third-order valence-electron chi connectivity index (χ3n) is 4.02. The molecular formula is C17H15IN8O2. The standard InChI is InChI=1S/C17H15IN8O2/c1-2-28-10-4-7(3-9(18)14(10)27)13-11-12(21)8(5-19)15(22)25-16(11)26-17(24-13)23-6-20/h3-4,13,27H,2H2,1H3,(H6,21,22,23,24,25,26). The van der Waals surface area contributed by atoms with Crippen LogP contribution in [0.4, 0.5) is 17.3 Å². The van der Waals surface area contributed by atoms with Crippen LogP contribution in [0.15, 0.2) is 17.1 Å². The zero-order chi connectivity index (χ0) is 20.4. The number of aromatic nitrogens is 1. The number of phenols is 1. The molecule has 2 heterocycles. The van der Waals surface area contributed by atoms with Gasteiger partial charge in [-0.05, 0) is 47.2 Å². The minimum absolute atomic E-state index is 0.0147. The minimum atomic E-state index is -0.708. The molecule has 28 heavy (non-hydrogen) atoms. The predicted octanol–water partition coefficient (Wildman–Crippen LogP) is 1.77. The molecule has 11 heteroatoms. The highest BCUT2D eigenvalue weighted by molar-refractivity contribution is 14.1. The lowest BCUT2D eigenvalue weighted by atomic mass is 9.95. The zero-order valence-corrected chi connectivity index (χ0v) is 16.8. The molecule has 2 aromatic rings. The SMILES string of the molecule is CCOc1cc(C2N=C(NC#N)Nc3nc(N)c(C#N)c(N)c32)cc(I)c1O. The topological polar surface area (TPSA) is 178 Å². The van der Waals surface area contributed by atoms with Crippen LogP contribution in [0.1, 0.15) is 29.7 Å². The maximum absolute atomic E-state index is 10.2. The van der Waals surface area contributed by atoms with Crippen molar-refractivity contribution in [2.45, 2.75) is 13.0 Å². The maximum Gasteiger partial charge on any atom is 0.211 e. The van der Waals surface area contributed by atoms with E-state index in [0.717, 1.165) is 0 Å². The first-order valence-electron chi connectivity index (χ1n) is 8.05. The van der Waals surface area contributed by atoms with Crippen molar-refractivity contribution < 1.29 is 9.84 Å². The largest absolute Gasteiger partial charge is 0.504 e. The van der Waals surface area contributed by atoms with E-state index >= 15 is 0 Å². The van der Waals surface area contributed by atoms with E-state index in [9.17, 15) is 10.4 Å². The lowest BCUT2D eigenvalue weighted by Gasteiger charge is -2.26. The molecule has 7 N–H and O–H groups in total. The number of nitriles is 2. The van der Waals surface area contributed by atoms with Crippen molar-refractivity contribution in [1.29, 1.82) is 10.5 Å². The molecule has 0 amide bonds. The number of nitrogens with two attached hydrogens (primary N) is 2. The van der Waals surface area contributed by atoms with Crippen molar-refractivity contribution in [1.82, 2.24) is 10.3 Å². The number of hydrogen-bond acceptors (Lipinski definition) is 10. The van der Waals surface area contributed by atoms with E-state index in [4.69, 9.17) is 21.5 Å². The van der Waals surface area contributed by atoms with Crippen molar-refractivity contribution in [2.24, 2.45) is 4.99 Å². The Morgan fingerprint density at radius 3 is 2.79 bits per heavy atom. The summed E-state index contributed by atoms with van der Waals surface area (Å²) in [6, 6.07) is 4.59. The molecule has 0 radical (unpaired) electrons. The van der Waals surface area contributed by atoms with Crippen molar-refractivity contribution in [2.75, 3.05) is 23.4 Å². The number of rotatable bonds is 3. The van der Waals surface area contributed by atoms with E-state index in [1.165, 1.54) is 0 Å². The van der Waals surface area contributed by atoms with Crippen LogP contribution in [0.2, 0.25) is 0 Å². The Bertz CT molecular complexity index is 1070. The second-order valence-electron chi connectivity index (χ2n) is 5.68. The molecule has 3 rings (SSSR count). The van der Waals surface area contributed by atoms with Gasteiger partial charge in [-0.3, -0.25) is 5.32 Å². The van der Waals surface area contributed by atoms with Crippen molar-refractivity contribution in [3.63, 3.8) is 0 Å². The smallest absolute Gasteiger partial charge is 0.211 e. The fraction of sp³-hybridized carbons (Fsp3) is 0.176. The number of nitrogens with one attached hydrogen (secondary N) is 2. The highest BCUT2D eigenvalue weighted by atomic mass is 127. The van der Waals surface area contributed by atoms with Crippen LogP contribution in [-0.4, -0.2) is 22.7 Å². The lowest BCUT2D eigenvalue weighted by Crippen LogP contribution is -2.32. The quantitative estimate of drug-likeness (QED) is 0.244. The van der Waals surface area contributed by atoms with Gasteiger partial charge in [0.15, 0.2) is 17.7 Å². The Morgan fingerprint density at radius 1 is 1.39 bits per heavy atom. The molecule has 1 aromatic heterocycles. The molecule has 0 bridgehead atoms. The van der Waals surface area contributed by atoms with Gasteiger partial charge in [-0.15, -0.1) is 0 Å². The van der Waals surface area contributed by atoms with Crippen LogP contribution in [0.3, 0.4) is 0 Å². The number of nitrogen functional groups attached to an aromatic ring is 2. The number of aromatic hydroxyl groups is 1. The molecule has 1 unspecified atom stereocenters. The third kappa shape index (κ3) is 3.27. The van der Waals surface area contributed by atoms with Crippen molar-refractivity contribution in [3.8, 4) is 23.8 Å². The number of nitrogens with zero attached hydrogens (tertiary/aromatic N) is 4. The van der Waals surface area contributed by atoms with E-state index in [2.05, 4.69) is 20.6 Å². The summed E-state index contributed by atoms with van der Waals surface area (Å²) < 4.78 is 6.05. The summed E-state index contributed by atoms with van der Waals surface area (Å²) in [6.45, 7) is 2.16. The van der Waals surface area contributed by atoms with Crippen molar-refractivity contribution >= 4 is 45.9 Å². The van der Waals surface area contributed by atoms with Crippen LogP contribution >= 0.6 is 22.6 Å². The summed E-state index contributed by atoms with van der Waals surface area (Å²) in [5, 5.41) is 33.8. The van der Waals surface area contributed by atoms with E-state index in [0.29, 0.717) is 21.3 Å². The van der Waals surface area contributed by atoms with Gasteiger partial charge in [0.1, 0.15) is 29.3 Å². The molecule has 142 valence electrons. The van der Waals surface area contributed by atoms with Crippen LogP contribution < -0.4 is 26.8 Å². The summed E-state index contributed by atoms with van der Waals surface area (Å²) in [6.07, 6.45) is 1.79. The lowest BCUT2D eigenvalue weighted by molar-refractivity contribution is 0.316. The molecule has 1 aliphatic heterocycles. The number of guanidine groups is 1. The van der Waals surface area contributed by atoms with Crippen LogP contribution in [0, 0.1) is 26.4 Å². The van der Waals surface area contributed by atoms with Gasteiger partial charge >= 0.3 is 0 Å². The van der Waals surface area contributed by atoms with Gasteiger partial charge in [0.05, 0.1) is 15.9 Å². The second kappa shape index (κ2) is 7.66. The Labute approximate surface area is 174 Å². The average molecular weight is 490 g/mol. The van der Waals surface area contributed by atoms with E-state index in [-0.39, 0.29) is 40.3 Å². The van der Waals surface area contributed by atoms with Gasteiger partial charge < -0.3 is 26.6 Å². The van der Waals surface area contributed by atoms with Gasteiger partial charge in [-0.1, -0.05) is 0 Å². The van der Waals surface area contributed by atoms with Gasteiger partial charge in [0.25, 0.3) is 0 Å². The fourth-order valence-corrected chi connectivity index (χ4v) is 3.46. The highest BCUT2D eigenvalue weighted by Crippen LogP contribution is 2.43. The van der Waals surface area contributed by atoms with E-state index in [1.54, 1.807) is 25.2 Å². The first-order chi connectivity index (χ1) is 13.4. The average Bonchev–Trinajstić information content (AvgIpc) is 2.65. The van der Waals surface area contributed by atoms with Gasteiger partial charge in [-0.25, -0.2) is 9.98 Å². The number of aliphatic imine (C=N–C) groups is 1. The number of anilines is 3. The molecule has 0 aliphatic carbocycles. The maximum atomic E-state index is 10.2. The minimum Gasteiger partial charge on any atom is -0.504 e. The monoisotopic (exact) mass is 490 g/mol. The molecular weight excluding hydrogens is 475 g/mol. The van der Waals surface area contributed by atoms with Crippen molar-refractivity contribution in [3.05, 3.63) is 32.4 Å². The molecule has 1 atom stereocenters. The Morgan fingerprint density at radius 2 is 2.14 bits per heavy atom. The summed E-state index contributed by atoms with van der Waals surface area (Å²) in [4.78, 5) is 8.69. The number of fused-ring (bicyclic) bond motifs is 1. The molecule has 0 saturated heterocycles. The number of pyridine rings is 1. The van der Waals surface area contributed by atoms with Gasteiger partial charge in [0, 0.05) is 5.56 Å². The highest BCUT2D eigenvalue weighted by Gasteiger charge is 2.30. The Hall–Kier alpha value is -3.45. The fourth-order valence-electron chi connectivity index (χ4n) is 2.84. The number of hydrogen-bond donors (Lipinski definition) is 5.